The van der Waals surface area contributed by atoms with Gasteiger partial charge in [-0.05, 0) is 29.9 Å². The number of hydrogen-bond donors (Lipinski definition) is 0. The van der Waals surface area contributed by atoms with Crippen LogP contribution in [0.2, 0.25) is 0 Å². The van der Waals surface area contributed by atoms with Crippen LogP contribution in [0.15, 0.2) is 24.3 Å². The quantitative estimate of drug-likeness (QED) is 0.372. The molecule has 2 nitrogen and oxygen atoms in total. The number of rotatable bonds is 9. The third-order valence-corrected chi connectivity index (χ3v) is 3.85. The maximum Gasteiger partial charge on any atom is 0.127 e. The van der Waals surface area contributed by atoms with E-state index in [-0.39, 0.29) is 27.1 Å². The summed E-state index contributed by atoms with van der Waals surface area (Å²) in [6.45, 7) is 10.5. The van der Waals surface area contributed by atoms with Gasteiger partial charge >= 0.3 is 0 Å². The molecule has 0 saturated heterocycles. The first-order valence-corrected chi connectivity index (χ1v) is 8.93. The number of aldehydes is 2. The third kappa shape index (κ3) is 12.3. The van der Waals surface area contributed by atoms with Crippen molar-refractivity contribution < 1.29 is 12.4 Å². The van der Waals surface area contributed by atoms with Gasteiger partial charge in [0.15, 0.2) is 0 Å². The van der Waals surface area contributed by atoms with Crippen molar-refractivity contribution in [1.82, 2.24) is 0 Å². The van der Waals surface area contributed by atoms with Crippen molar-refractivity contribution in [2.24, 2.45) is 11.8 Å². The number of carbonyl (C=O) groups excluding carboxylic acids is 2. The van der Waals surface area contributed by atoms with Gasteiger partial charge in [0.2, 0.25) is 0 Å². The van der Waals surface area contributed by atoms with Crippen LogP contribution in [0.1, 0.15) is 80.2 Å². The molecule has 0 radical (unpaired) electrons. The summed E-state index contributed by atoms with van der Waals surface area (Å²) in [5, 5.41) is 0. The molecule has 0 aromatic heterocycles. The molecule has 0 aliphatic rings. The van der Waals surface area contributed by atoms with Crippen LogP contribution >= 0.6 is 12.4 Å². The SMILES string of the molecule is CC(C)Cc1ccc([C@@H](C)C=O)cc1.CCCCC[C@@H](C)C=O.Cl.[HH].[HH]. The van der Waals surface area contributed by atoms with E-state index in [1.807, 2.05) is 13.8 Å². The second-order valence-corrected chi connectivity index (χ2v) is 6.87. The van der Waals surface area contributed by atoms with Crippen molar-refractivity contribution in [1.29, 1.82) is 0 Å². The maximum absolute atomic E-state index is 10.6. The summed E-state index contributed by atoms with van der Waals surface area (Å²) in [6.07, 6.45) is 7.90. The van der Waals surface area contributed by atoms with Crippen LogP contribution in [-0.2, 0) is 16.0 Å². The van der Waals surface area contributed by atoms with E-state index in [9.17, 15) is 9.59 Å². The van der Waals surface area contributed by atoms with Gasteiger partial charge in [-0.15, -0.1) is 12.4 Å². The zero-order chi connectivity index (χ0) is 17.7. The molecule has 2 atom stereocenters. The zero-order valence-electron chi connectivity index (χ0n) is 16.0. The van der Waals surface area contributed by atoms with Crippen LogP contribution in [0, 0.1) is 11.8 Å². The number of benzene rings is 1. The molecule has 0 spiro atoms. The lowest BCUT2D eigenvalue weighted by molar-refractivity contribution is -0.111. The van der Waals surface area contributed by atoms with E-state index in [2.05, 4.69) is 45.0 Å². The number of hydrogen-bond acceptors (Lipinski definition) is 2. The monoisotopic (exact) mass is 358 g/mol. The molecule has 1 aromatic rings. The molecule has 0 saturated carbocycles. The van der Waals surface area contributed by atoms with Crippen LogP contribution in [-0.4, -0.2) is 12.6 Å². The Morgan fingerprint density at radius 3 is 1.96 bits per heavy atom. The summed E-state index contributed by atoms with van der Waals surface area (Å²) in [5.74, 6) is 0.976. The van der Waals surface area contributed by atoms with Gasteiger partial charge in [0.25, 0.3) is 0 Å². The molecule has 3 heteroatoms. The molecule has 0 aliphatic carbocycles. The Balaban J connectivity index is -0.000000180. The van der Waals surface area contributed by atoms with Crippen LogP contribution in [0.25, 0.3) is 0 Å². The van der Waals surface area contributed by atoms with Crippen molar-refractivity contribution >= 4 is 25.0 Å². The molecule has 0 aliphatic heterocycles. The average molecular weight is 359 g/mol. The standard InChI is InChI=1S/C13H18O.C8H16O.ClH.2H2/c1-10(2)8-12-4-6-13(7-5-12)11(3)9-14;1-3-4-5-6-8(2)7-9;;;/h4-7,9-11H,8H2,1-3H3;7-8H,3-6H2,1-2H3;3*1H/t11-;8-;;;/m01.../s1. The maximum atomic E-state index is 10.6. The summed E-state index contributed by atoms with van der Waals surface area (Å²) >= 11 is 0. The minimum atomic E-state index is 0. The smallest absolute Gasteiger partial charge is 0.127 e. The predicted octanol–water partition coefficient (Wildman–Crippen LogP) is 6.50. The van der Waals surface area contributed by atoms with Crippen LogP contribution in [0.3, 0.4) is 0 Å². The Hall–Kier alpha value is -1.15. The minimum absolute atomic E-state index is 0. The lowest BCUT2D eigenvalue weighted by atomic mass is 9.98. The molecule has 0 amide bonds. The van der Waals surface area contributed by atoms with Gasteiger partial charge < -0.3 is 9.59 Å². The highest BCUT2D eigenvalue weighted by Gasteiger charge is 2.03. The van der Waals surface area contributed by atoms with Crippen LogP contribution < -0.4 is 0 Å². The zero-order valence-corrected chi connectivity index (χ0v) is 16.8. The number of unbranched alkanes of at least 4 members (excludes halogenated alkanes) is 2. The highest BCUT2D eigenvalue weighted by atomic mass is 35.5. The largest absolute Gasteiger partial charge is 0.303 e. The number of carbonyl (C=O) groups is 2. The Labute approximate surface area is 157 Å². The first kappa shape index (κ1) is 25.1. The average Bonchev–Trinajstić information content (AvgIpc) is 2.55. The van der Waals surface area contributed by atoms with E-state index in [1.165, 1.54) is 24.8 Å². The van der Waals surface area contributed by atoms with Gasteiger partial charge in [-0.2, -0.15) is 0 Å². The van der Waals surface area contributed by atoms with Gasteiger partial charge in [-0.3, -0.25) is 0 Å². The molecular weight excluding hydrogens is 320 g/mol. The van der Waals surface area contributed by atoms with Crippen molar-refractivity contribution in [2.45, 2.75) is 72.6 Å². The minimum Gasteiger partial charge on any atom is -0.303 e. The summed E-state index contributed by atoms with van der Waals surface area (Å²) < 4.78 is 0. The molecule has 1 rings (SSSR count). The molecule has 0 heterocycles. The summed E-state index contributed by atoms with van der Waals surface area (Å²) in [6, 6.07) is 8.35. The van der Waals surface area contributed by atoms with Crippen molar-refractivity contribution in [2.75, 3.05) is 0 Å². The number of halogens is 1. The highest BCUT2D eigenvalue weighted by molar-refractivity contribution is 5.85. The second-order valence-electron chi connectivity index (χ2n) is 6.87. The molecular formula is C21H39ClO2. The van der Waals surface area contributed by atoms with E-state index < -0.39 is 0 Å². The fraction of sp³-hybridized carbons (Fsp3) is 0.619. The first-order chi connectivity index (χ1) is 10.9. The summed E-state index contributed by atoms with van der Waals surface area (Å²) in [4.78, 5) is 20.7. The topological polar surface area (TPSA) is 34.1 Å². The predicted molar refractivity (Wildman–Crippen MR) is 110 cm³/mol. The molecule has 0 unspecified atom stereocenters. The molecule has 24 heavy (non-hydrogen) atoms. The normalized spacial score (nSPS) is 12.4. The van der Waals surface area contributed by atoms with E-state index in [1.54, 1.807) is 0 Å². The molecule has 1 aromatic carbocycles. The summed E-state index contributed by atoms with van der Waals surface area (Å²) in [7, 11) is 0. The fourth-order valence-corrected chi connectivity index (χ4v) is 2.29. The van der Waals surface area contributed by atoms with Crippen molar-refractivity contribution in [3.63, 3.8) is 0 Å². The second kappa shape index (κ2) is 15.4. The summed E-state index contributed by atoms with van der Waals surface area (Å²) in [5.41, 5.74) is 2.45. The lowest BCUT2D eigenvalue weighted by Crippen LogP contribution is -1.97. The highest BCUT2D eigenvalue weighted by Crippen LogP contribution is 2.15. The molecule has 142 valence electrons. The van der Waals surface area contributed by atoms with Gasteiger partial charge in [0.1, 0.15) is 12.6 Å². The van der Waals surface area contributed by atoms with Crippen molar-refractivity contribution in [3.05, 3.63) is 35.4 Å². The van der Waals surface area contributed by atoms with Crippen molar-refractivity contribution in [3.8, 4) is 0 Å². The molecule has 0 N–H and O–H groups in total. The van der Waals surface area contributed by atoms with Crippen LogP contribution in [0.4, 0.5) is 0 Å². The van der Waals surface area contributed by atoms with Gasteiger partial charge in [0.05, 0.1) is 0 Å². The fourth-order valence-electron chi connectivity index (χ4n) is 2.29. The van der Waals surface area contributed by atoms with E-state index in [4.69, 9.17) is 0 Å². The van der Waals surface area contributed by atoms with E-state index in [0.717, 1.165) is 31.0 Å². The molecule has 0 fully saturated rings. The first-order valence-electron chi connectivity index (χ1n) is 8.93. The van der Waals surface area contributed by atoms with Gasteiger partial charge in [-0.25, -0.2) is 0 Å². The Morgan fingerprint density at radius 2 is 1.54 bits per heavy atom. The van der Waals surface area contributed by atoms with Gasteiger partial charge in [-0.1, -0.05) is 78.1 Å². The molecule has 0 bridgehead atoms. The van der Waals surface area contributed by atoms with Gasteiger partial charge in [0, 0.05) is 14.7 Å². The van der Waals surface area contributed by atoms with E-state index in [0.29, 0.717) is 5.92 Å². The Morgan fingerprint density at radius 1 is 0.958 bits per heavy atom. The van der Waals surface area contributed by atoms with E-state index >= 15 is 0 Å². The van der Waals surface area contributed by atoms with Crippen LogP contribution in [0.5, 0.6) is 0 Å². The lowest BCUT2D eigenvalue weighted by Gasteiger charge is -2.07. The Kier molecular flexibility index (Phi) is 16.1. The Bertz CT molecular complexity index is 436. The third-order valence-electron chi connectivity index (χ3n) is 3.85.